The molecule has 0 spiro atoms. The molecule has 1 N–H and O–H groups in total. The molecule has 0 fully saturated rings. The van der Waals surface area contributed by atoms with Gasteiger partial charge in [-0.15, -0.1) is 5.10 Å². The van der Waals surface area contributed by atoms with Crippen LogP contribution in [0.25, 0.3) is 0 Å². The van der Waals surface area contributed by atoms with Crippen LogP contribution in [0.5, 0.6) is 0 Å². The lowest BCUT2D eigenvalue weighted by atomic mass is 10.1. The van der Waals surface area contributed by atoms with Crippen LogP contribution < -0.4 is 5.32 Å². The van der Waals surface area contributed by atoms with Crippen molar-refractivity contribution < 1.29 is 9.47 Å². The zero-order chi connectivity index (χ0) is 15.0. The zero-order valence-electron chi connectivity index (χ0n) is 13.3. The number of ether oxygens (including phenoxy) is 2. The van der Waals surface area contributed by atoms with E-state index in [4.69, 9.17) is 9.47 Å². The van der Waals surface area contributed by atoms with Crippen molar-refractivity contribution in [3.05, 3.63) is 12.4 Å². The van der Waals surface area contributed by atoms with Crippen molar-refractivity contribution in [3.8, 4) is 0 Å². The molecule has 0 atom stereocenters. The molecule has 0 saturated carbocycles. The van der Waals surface area contributed by atoms with E-state index in [2.05, 4.69) is 22.6 Å². The summed E-state index contributed by atoms with van der Waals surface area (Å²) in [5.41, 5.74) is 0. The standard InChI is InChI=1S/C15H30N4O2/c1-2-3-4-5-6-7-16-9-12-20-14-15-21-13-11-19-10-8-17-18-19/h8,10,16H,2-7,9,11-15H2,1H3. The van der Waals surface area contributed by atoms with Gasteiger partial charge in [0.25, 0.3) is 0 Å². The van der Waals surface area contributed by atoms with Gasteiger partial charge in [-0.2, -0.15) is 0 Å². The Bertz CT molecular complexity index is 307. The van der Waals surface area contributed by atoms with Crippen LogP contribution in [-0.2, 0) is 16.0 Å². The first-order valence-corrected chi connectivity index (χ1v) is 8.13. The van der Waals surface area contributed by atoms with E-state index in [9.17, 15) is 0 Å². The van der Waals surface area contributed by atoms with E-state index in [-0.39, 0.29) is 0 Å². The van der Waals surface area contributed by atoms with Gasteiger partial charge in [-0.05, 0) is 13.0 Å². The minimum atomic E-state index is 0.631. The van der Waals surface area contributed by atoms with Crippen LogP contribution in [0, 0.1) is 0 Å². The summed E-state index contributed by atoms with van der Waals surface area (Å²) in [5.74, 6) is 0. The lowest BCUT2D eigenvalue weighted by Gasteiger charge is -2.07. The number of rotatable bonds is 15. The summed E-state index contributed by atoms with van der Waals surface area (Å²) < 4.78 is 12.7. The molecule has 0 aliphatic heterocycles. The smallest absolute Gasteiger partial charge is 0.0701 e. The Morgan fingerprint density at radius 3 is 2.52 bits per heavy atom. The molecule has 0 radical (unpaired) electrons. The SMILES string of the molecule is CCCCCCCNCCOCCOCCn1ccnn1. The van der Waals surface area contributed by atoms with Gasteiger partial charge in [0.05, 0.1) is 39.2 Å². The van der Waals surface area contributed by atoms with Crippen molar-refractivity contribution in [2.24, 2.45) is 0 Å². The number of nitrogens with zero attached hydrogens (tertiary/aromatic N) is 3. The van der Waals surface area contributed by atoms with E-state index in [1.165, 1.54) is 32.1 Å². The van der Waals surface area contributed by atoms with Gasteiger partial charge in [-0.3, -0.25) is 4.68 Å². The van der Waals surface area contributed by atoms with E-state index in [1.807, 2.05) is 6.20 Å². The molecule has 0 aliphatic carbocycles. The third-order valence-corrected chi connectivity index (χ3v) is 3.19. The fourth-order valence-electron chi connectivity index (χ4n) is 1.95. The van der Waals surface area contributed by atoms with Gasteiger partial charge in [0.15, 0.2) is 0 Å². The Morgan fingerprint density at radius 2 is 1.76 bits per heavy atom. The molecule has 6 heteroatoms. The number of hydrogen-bond donors (Lipinski definition) is 1. The monoisotopic (exact) mass is 298 g/mol. The van der Waals surface area contributed by atoms with Gasteiger partial charge in [0, 0.05) is 12.7 Å². The third kappa shape index (κ3) is 11.4. The number of hydrogen-bond acceptors (Lipinski definition) is 5. The van der Waals surface area contributed by atoms with E-state index in [1.54, 1.807) is 10.9 Å². The highest BCUT2D eigenvalue weighted by Crippen LogP contribution is 2.00. The fourth-order valence-corrected chi connectivity index (χ4v) is 1.95. The quantitative estimate of drug-likeness (QED) is 0.501. The highest BCUT2D eigenvalue weighted by atomic mass is 16.5. The number of nitrogens with one attached hydrogen (secondary N) is 1. The maximum Gasteiger partial charge on any atom is 0.0701 e. The average molecular weight is 298 g/mol. The topological polar surface area (TPSA) is 61.2 Å². The zero-order valence-corrected chi connectivity index (χ0v) is 13.3. The maximum absolute atomic E-state index is 5.49. The van der Waals surface area contributed by atoms with Crippen molar-refractivity contribution in [1.29, 1.82) is 0 Å². The normalized spacial score (nSPS) is 11.1. The molecular formula is C15H30N4O2. The summed E-state index contributed by atoms with van der Waals surface area (Å²) in [5, 5.41) is 11.0. The van der Waals surface area contributed by atoms with Gasteiger partial charge < -0.3 is 14.8 Å². The van der Waals surface area contributed by atoms with Crippen molar-refractivity contribution in [3.63, 3.8) is 0 Å². The molecule has 0 aromatic carbocycles. The van der Waals surface area contributed by atoms with E-state index in [0.717, 1.165) is 26.2 Å². The predicted octanol–water partition coefficient (Wildman–Crippen LogP) is 1.87. The van der Waals surface area contributed by atoms with Gasteiger partial charge in [0.1, 0.15) is 0 Å². The summed E-state index contributed by atoms with van der Waals surface area (Å²) in [6.07, 6.45) is 10.1. The second-order valence-corrected chi connectivity index (χ2v) is 5.06. The van der Waals surface area contributed by atoms with Crippen molar-refractivity contribution in [2.45, 2.75) is 45.6 Å². The van der Waals surface area contributed by atoms with E-state index >= 15 is 0 Å². The highest BCUT2D eigenvalue weighted by Gasteiger charge is 1.93. The summed E-state index contributed by atoms with van der Waals surface area (Å²) in [7, 11) is 0. The molecule has 0 unspecified atom stereocenters. The largest absolute Gasteiger partial charge is 0.378 e. The van der Waals surface area contributed by atoms with Crippen LogP contribution >= 0.6 is 0 Å². The third-order valence-electron chi connectivity index (χ3n) is 3.19. The first-order chi connectivity index (χ1) is 10.4. The Hall–Kier alpha value is -0.980. The second kappa shape index (κ2) is 14.0. The average Bonchev–Trinajstić information content (AvgIpc) is 3.01. The Balaban J connectivity index is 1.69. The van der Waals surface area contributed by atoms with Crippen LogP contribution in [0.3, 0.4) is 0 Å². The van der Waals surface area contributed by atoms with E-state index < -0.39 is 0 Å². The molecule has 0 amide bonds. The highest BCUT2D eigenvalue weighted by molar-refractivity contribution is 4.63. The first kappa shape index (κ1) is 18.1. The molecule has 1 aromatic heterocycles. The molecular weight excluding hydrogens is 268 g/mol. The predicted molar refractivity (Wildman–Crippen MR) is 83.3 cm³/mol. The van der Waals surface area contributed by atoms with E-state index in [0.29, 0.717) is 19.8 Å². The van der Waals surface area contributed by atoms with Crippen molar-refractivity contribution in [2.75, 3.05) is 39.5 Å². The molecule has 0 bridgehead atoms. The molecule has 1 aromatic rings. The lowest BCUT2D eigenvalue weighted by Crippen LogP contribution is -2.21. The minimum absolute atomic E-state index is 0.631. The van der Waals surface area contributed by atoms with Gasteiger partial charge in [-0.25, -0.2) is 0 Å². The Labute approximate surface area is 128 Å². The Kier molecular flexibility index (Phi) is 12.0. The molecule has 6 nitrogen and oxygen atoms in total. The summed E-state index contributed by atoms with van der Waals surface area (Å²) >= 11 is 0. The molecule has 21 heavy (non-hydrogen) atoms. The lowest BCUT2D eigenvalue weighted by molar-refractivity contribution is 0.0449. The fraction of sp³-hybridized carbons (Fsp3) is 0.867. The molecule has 0 aliphatic rings. The molecule has 0 saturated heterocycles. The Morgan fingerprint density at radius 1 is 0.952 bits per heavy atom. The molecule has 1 rings (SSSR count). The maximum atomic E-state index is 5.49. The summed E-state index contributed by atoms with van der Waals surface area (Å²) in [6, 6.07) is 0. The summed E-state index contributed by atoms with van der Waals surface area (Å²) in [4.78, 5) is 0. The molecule has 122 valence electrons. The van der Waals surface area contributed by atoms with Crippen LogP contribution in [-0.4, -0.2) is 54.5 Å². The van der Waals surface area contributed by atoms with Crippen molar-refractivity contribution >= 4 is 0 Å². The van der Waals surface area contributed by atoms with Crippen LogP contribution in [0.1, 0.15) is 39.0 Å². The summed E-state index contributed by atoms with van der Waals surface area (Å²) in [6.45, 7) is 7.67. The number of aromatic nitrogens is 3. The van der Waals surface area contributed by atoms with Crippen LogP contribution in [0.4, 0.5) is 0 Å². The van der Waals surface area contributed by atoms with Crippen LogP contribution in [0.2, 0.25) is 0 Å². The van der Waals surface area contributed by atoms with Crippen LogP contribution in [0.15, 0.2) is 12.4 Å². The number of unbranched alkanes of at least 4 members (excludes halogenated alkanes) is 4. The van der Waals surface area contributed by atoms with Crippen molar-refractivity contribution in [1.82, 2.24) is 20.3 Å². The molecule has 1 heterocycles. The van der Waals surface area contributed by atoms with Gasteiger partial charge in [0.2, 0.25) is 0 Å². The first-order valence-electron chi connectivity index (χ1n) is 8.13. The van der Waals surface area contributed by atoms with Gasteiger partial charge >= 0.3 is 0 Å². The second-order valence-electron chi connectivity index (χ2n) is 5.06. The minimum Gasteiger partial charge on any atom is -0.378 e. The van der Waals surface area contributed by atoms with Gasteiger partial charge in [-0.1, -0.05) is 37.8 Å².